The van der Waals surface area contributed by atoms with E-state index in [1.165, 1.54) is 22.2 Å². The Balaban J connectivity index is 1.38. The van der Waals surface area contributed by atoms with Gasteiger partial charge in [-0.25, -0.2) is 4.98 Å². The Hall–Kier alpha value is -4.30. The minimum absolute atomic E-state index is 0.187. The first-order valence-corrected chi connectivity index (χ1v) is 12.3. The number of nitrogens with one attached hydrogen (secondary N) is 2. The van der Waals surface area contributed by atoms with Gasteiger partial charge in [0.1, 0.15) is 11.4 Å². The van der Waals surface area contributed by atoms with Gasteiger partial charge in [-0.05, 0) is 60.9 Å². The van der Waals surface area contributed by atoms with Gasteiger partial charge < -0.3 is 10.6 Å². The van der Waals surface area contributed by atoms with E-state index in [1.54, 1.807) is 6.92 Å². The van der Waals surface area contributed by atoms with Gasteiger partial charge >= 0.3 is 0 Å². The standard InChI is InChI=1S/C28H24N4O3S/c1-16-8-11-22(17(2)12-16)31-26(34)25-18(3)24-27(36-25)29-15-32(28(24)35)14-23(33)30-21-10-9-19-6-4-5-7-20(19)13-21/h4-13,15H,14H2,1-3H3,(H,30,33)(H,31,34). The zero-order valence-corrected chi connectivity index (χ0v) is 20.9. The number of anilines is 2. The Labute approximate surface area is 211 Å². The van der Waals surface area contributed by atoms with Gasteiger partial charge in [-0.3, -0.25) is 19.0 Å². The van der Waals surface area contributed by atoms with E-state index in [-0.39, 0.29) is 23.9 Å². The van der Waals surface area contributed by atoms with Crippen LogP contribution in [0, 0.1) is 20.8 Å². The van der Waals surface area contributed by atoms with Crippen LogP contribution in [-0.4, -0.2) is 21.4 Å². The molecule has 5 rings (SSSR count). The van der Waals surface area contributed by atoms with Crippen molar-refractivity contribution in [3.63, 3.8) is 0 Å². The molecule has 5 aromatic rings. The van der Waals surface area contributed by atoms with Crippen molar-refractivity contribution >= 4 is 55.5 Å². The highest BCUT2D eigenvalue weighted by molar-refractivity contribution is 7.20. The maximum atomic E-state index is 13.2. The molecule has 180 valence electrons. The van der Waals surface area contributed by atoms with E-state index in [9.17, 15) is 14.4 Å². The summed E-state index contributed by atoms with van der Waals surface area (Å²) in [5.74, 6) is -0.628. The van der Waals surface area contributed by atoms with Gasteiger partial charge in [-0.2, -0.15) is 0 Å². The van der Waals surface area contributed by atoms with E-state index in [4.69, 9.17) is 0 Å². The molecule has 0 atom stereocenters. The second-order valence-corrected chi connectivity index (χ2v) is 9.80. The lowest BCUT2D eigenvalue weighted by Gasteiger charge is -2.09. The fourth-order valence-corrected chi connectivity index (χ4v) is 5.28. The Bertz CT molecular complexity index is 1720. The molecule has 2 heterocycles. The number of nitrogens with zero attached hydrogens (tertiary/aromatic N) is 2. The van der Waals surface area contributed by atoms with Gasteiger partial charge in [0.15, 0.2) is 0 Å². The SMILES string of the molecule is Cc1ccc(NC(=O)c2sc3ncn(CC(=O)Nc4ccc5ccccc5c4)c(=O)c3c2C)c(C)c1. The molecule has 0 bridgehead atoms. The van der Waals surface area contributed by atoms with E-state index in [0.29, 0.717) is 26.3 Å². The molecule has 2 amide bonds. The molecule has 2 N–H and O–H groups in total. The highest BCUT2D eigenvalue weighted by Gasteiger charge is 2.20. The fourth-order valence-electron chi connectivity index (χ4n) is 4.24. The normalized spacial score (nSPS) is 11.1. The number of fused-ring (bicyclic) bond motifs is 2. The van der Waals surface area contributed by atoms with Crippen LogP contribution in [0.3, 0.4) is 0 Å². The summed E-state index contributed by atoms with van der Waals surface area (Å²) < 4.78 is 1.27. The highest BCUT2D eigenvalue weighted by atomic mass is 32.1. The molecule has 0 saturated carbocycles. The van der Waals surface area contributed by atoms with Crippen molar-refractivity contribution in [2.75, 3.05) is 10.6 Å². The van der Waals surface area contributed by atoms with Gasteiger partial charge in [-0.15, -0.1) is 11.3 Å². The molecule has 3 aromatic carbocycles. The summed E-state index contributed by atoms with van der Waals surface area (Å²) in [6.45, 7) is 5.48. The molecule has 0 aliphatic rings. The van der Waals surface area contributed by atoms with Crippen LogP contribution in [0.5, 0.6) is 0 Å². The molecule has 8 heteroatoms. The van der Waals surface area contributed by atoms with E-state index >= 15 is 0 Å². The minimum atomic E-state index is -0.354. The highest BCUT2D eigenvalue weighted by Crippen LogP contribution is 2.28. The van der Waals surface area contributed by atoms with Crippen LogP contribution in [0.15, 0.2) is 71.8 Å². The van der Waals surface area contributed by atoms with Gasteiger partial charge in [-0.1, -0.05) is 48.0 Å². The molecule has 2 aromatic heterocycles. The van der Waals surface area contributed by atoms with E-state index in [0.717, 1.165) is 27.6 Å². The van der Waals surface area contributed by atoms with Crippen molar-refractivity contribution in [1.29, 1.82) is 0 Å². The minimum Gasteiger partial charge on any atom is -0.325 e. The van der Waals surface area contributed by atoms with E-state index in [1.807, 2.05) is 74.5 Å². The Morgan fingerprint density at radius 1 is 0.944 bits per heavy atom. The molecule has 0 saturated heterocycles. The van der Waals surface area contributed by atoms with Gasteiger partial charge in [0.2, 0.25) is 5.91 Å². The monoisotopic (exact) mass is 496 g/mol. The topological polar surface area (TPSA) is 93.1 Å². The fraction of sp³-hybridized carbons (Fsp3) is 0.143. The number of hydrogen-bond donors (Lipinski definition) is 2. The van der Waals surface area contributed by atoms with Crippen molar-refractivity contribution in [3.05, 3.63) is 98.9 Å². The molecule has 0 unspecified atom stereocenters. The molecular weight excluding hydrogens is 472 g/mol. The Kier molecular flexibility index (Phi) is 6.12. The quantitative estimate of drug-likeness (QED) is 0.339. The van der Waals surface area contributed by atoms with E-state index in [2.05, 4.69) is 15.6 Å². The van der Waals surface area contributed by atoms with Crippen LogP contribution in [-0.2, 0) is 11.3 Å². The smallest absolute Gasteiger partial charge is 0.266 e. The first kappa shape index (κ1) is 23.4. The molecule has 0 aliphatic heterocycles. The number of hydrogen-bond acceptors (Lipinski definition) is 5. The van der Waals surface area contributed by atoms with Crippen molar-refractivity contribution < 1.29 is 9.59 Å². The number of aryl methyl sites for hydroxylation is 3. The van der Waals surface area contributed by atoms with Crippen molar-refractivity contribution in [1.82, 2.24) is 9.55 Å². The number of amides is 2. The summed E-state index contributed by atoms with van der Waals surface area (Å²) in [7, 11) is 0. The molecule has 0 fully saturated rings. The average molecular weight is 497 g/mol. The first-order valence-electron chi connectivity index (χ1n) is 11.5. The van der Waals surface area contributed by atoms with Crippen molar-refractivity contribution in [2.45, 2.75) is 27.3 Å². The zero-order chi connectivity index (χ0) is 25.4. The average Bonchev–Trinajstić information content (AvgIpc) is 3.19. The predicted molar refractivity (Wildman–Crippen MR) is 145 cm³/mol. The van der Waals surface area contributed by atoms with Crippen LogP contribution in [0.2, 0.25) is 0 Å². The predicted octanol–water partition coefficient (Wildman–Crippen LogP) is 5.43. The second-order valence-electron chi connectivity index (χ2n) is 8.80. The van der Waals surface area contributed by atoms with Crippen LogP contribution >= 0.6 is 11.3 Å². The Morgan fingerprint density at radius 2 is 1.72 bits per heavy atom. The number of benzene rings is 3. The third-order valence-corrected chi connectivity index (χ3v) is 7.30. The molecule has 0 aliphatic carbocycles. The van der Waals surface area contributed by atoms with Crippen molar-refractivity contribution in [3.8, 4) is 0 Å². The zero-order valence-electron chi connectivity index (χ0n) is 20.1. The summed E-state index contributed by atoms with van der Waals surface area (Å²) >= 11 is 1.17. The maximum absolute atomic E-state index is 13.2. The number of aromatic nitrogens is 2. The molecule has 36 heavy (non-hydrogen) atoms. The van der Waals surface area contributed by atoms with Crippen molar-refractivity contribution in [2.24, 2.45) is 0 Å². The molecule has 0 spiro atoms. The lowest BCUT2D eigenvalue weighted by molar-refractivity contribution is -0.116. The number of carbonyl (C=O) groups excluding carboxylic acids is 2. The summed E-state index contributed by atoms with van der Waals surface area (Å²) in [4.78, 5) is 44.2. The largest absolute Gasteiger partial charge is 0.325 e. The van der Waals surface area contributed by atoms with Crippen LogP contribution in [0.4, 0.5) is 11.4 Å². The number of thiophene rings is 1. The third-order valence-electron chi connectivity index (χ3n) is 6.10. The second kappa shape index (κ2) is 9.39. The summed E-state index contributed by atoms with van der Waals surface area (Å²) in [5, 5.41) is 8.22. The van der Waals surface area contributed by atoms with Gasteiger partial charge in [0.05, 0.1) is 16.6 Å². The van der Waals surface area contributed by atoms with Crippen LogP contribution < -0.4 is 16.2 Å². The van der Waals surface area contributed by atoms with Gasteiger partial charge in [0.25, 0.3) is 11.5 Å². The maximum Gasteiger partial charge on any atom is 0.266 e. The molecule has 7 nitrogen and oxygen atoms in total. The van der Waals surface area contributed by atoms with Crippen LogP contribution in [0.1, 0.15) is 26.4 Å². The summed E-state index contributed by atoms with van der Waals surface area (Å²) in [5.41, 5.74) is 3.64. The summed E-state index contributed by atoms with van der Waals surface area (Å²) in [6.07, 6.45) is 1.35. The molecule has 0 radical (unpaired) electrons. The van der Waals surface area contributed by atoms with E-state index < -0.39 is 0 Å². The first-order chi connectivity index (χ1) is 17.3. The molecular formula is C28H24N4O3S. The van der Waals surface area contributed by atoms with Gasteiger partial charge in [0, 0.05) is 11.4 Å². The Morgan fingerprint density at radius 3 is 2.50 bits per heavy atom. The number of carbonyl (C=O) groups is 2. The van der Waals surface area contributed by atoms with Crippen LogP contribution in [0.25, 0.3) is 21.0 Å². The third kappa shape index (κ3) is 4.50. The summed E-state index contributed by atoms with van der Waals surface area (Å²) in [6, 6.07) is 19.3. The lowest BCUT2D eigenvalue weighted by Crippen LogP contribution is -2.28. The number of rotatable bonds is 5. The lowest BCUT2D eigenvalue weighted by atomic mass is 10.1.